The van der Waals surface area contributed by atoms with Crippen LogP contribution in [0.3, 0.4) is 0 Å². The zero-order chi connectivity index (χ0) is 12.0. The molecule has 0 saturated heterocycles. The summed E-state index contributed by atoms with van der Waals surface area (Å²) in [5.74, 6) is -0.136. The zero-order valence-corrected chi connectivity index (χ0v) is 10.5. The molecule has 0 fully saturated rings. The van der Waals surface area contributed by atoms with Crippen LogP contribution in [0.25, 0.3) is 0 Å². The Morgan fingerprint density at radius 3 is 2.69 bits per heavy atom. The minimum atomic E-state index is -0.136. The Labute approximate surface area is 98.1 Å². The standard InChI is InChI=1S/C14H22FN/c1-4-14(16-3)7-5-6-12-8-9-13(15)10-11(12)2/h8-10,14,16H,4-7H2,1-3H3. The van der Waals surface area contributed by atoms with Gasteiger partial charge in [0, 0.05) is 6.04 Å². The van der Waals surface area contributed by atoms with Gasteiger partial charge in [-0.05, 0) is 62.9 Å². The first kappa shape index (κ1) is 13.2. The molecule has 16 heavy (non-hydrogen) atoms. The fourth-order valence-corrected chi connectivity index (χ4v) is 2.03. The van der Waals surface area contributed by atoms with Gasteiger partial charge in [0.1, 0.15) is 5.82 Å². The lowest BCUT2D eigenvalue weighted by molar-refractivity contribution is 0.491. The Bertz CT molecular complexity index is 319. The average Bonchev–Trinajstić information content (AvgIpc) is 2.27. The summed E-state index contributed by atoms with van der Waals surface area (Å²) < 4.78 is 12.9. The van der Waals surface area contributed by atoms with Crippen molar-refractivity contribution in [1.29, 1.82) is 0 Å². The summed E-state index contributed by atoms with van der Waals surface area (Å²) in [7, 11) is 2.01. The predicted octanol–water partition coefficient (Wildman–Crippen LogP) is 3.45. The van der Waals surface area contributed by atoms with Crippen molar-refractivity contribution in [2.75, 3.05) is 7.05 Å². The highest BCUT2D eigenvalue weighted by atomic mass is 19.1. The average molecular weight is 223 g/mol. The Morgan fingerprint density at radius 1 is 1.38 bits per heavy atom. The molecule has 1 unspecified atom stereocenters. The zero-order valence-electron chi connectivity index (χ0n) is 10.5. The summed E-state index contributed by atoms with van der Waals surface area (Å²) >= 11 is 0. The highest BCUT2D eigenvalue weighted by Gasteiger charge is 2.04. The van der Waals surface area contributed by atoms with Crippen molar-refractivity contribution in [3.8, 4) is 0 Å². The fraction of sp³-hybridized carbons (Fsp3) is 0.571. The summed E-state index contributed by atoms with van der Waals surface area (Å²) in [4.78, 5) is 0. The molecule has 1 aromatic carbocycles. The minimum Gasteiger partial charge on any atom is -0.317 e. The molecule has 0 heterocycles. The molecule has 0 aliphatic heterocycles. The number of hydrogen-bond acceptors (Lipinski definition) is 1. The second-order valence-electron chi connectivity index (χ2n) is 4.36. The highest BCUT2D eigenvalue weighted by Crippen LogP contribution is 2.14. The van der Waals surface area contributed by atoms with Crippen molar-refractivity contribution in [3.05, 3.63) is 35.1 Å². The molecule has 90 valence electrons. The lowest BCUT2D eigenvalue weighted by Crippen LogP contribution is -2.24. The third-order valence-corrected chi connectivity index (χ3v) is 3.20. The molecule has 2 heteroatoms. The van der Waals surface area contributed by atoms with Crippen LogP contribution >= 0.6 is 0 Å². The molecule has 0 radical (unpaired) electrons. The van der Waals surface area contributed by atoms with E-state index >= 15 is 0 Å². The molecule has 0 aliphatic rings. The monoisotopic (exact) mass is 223 g/mol. The van der Waals surface area contributed by atoms with Crippen LogP contribution in [0.1, 0.15) is 37.3 Å². The number of rotatable bonds is 6. The summed E-state index contributed by atoms with van der Waals surface area (Å²) in [6.45, 7) is 4.18. The van der Waals surface area contributed by atoms with E-state index in [0.717, 1.165) is 18.4 Å². The Morgan fingerprint density at radius 2 is 2.12 bits per heavy atom. The van der Waals surface area contributed by atoms with E-state index in [2.05, 4.69) is 12.2 Å². The van der Waals surface area contributed by atoms with Gasteiger partial charge in [-0.3, -0.25) is 0 Å². The van der Waals surface area contributed by atoms with E-state index in [1.54, 1.807) is 12.1 Å². The molecule has 1 nitrogen and oxygen atoms in total. The van der Waals surface area contributed by atoms with Gasteiger partial charge in [-0.1, -0.05) is 13.0 Å². The lowest BCUT2D eigenvalue weighted by Gasteiger charge is -2.13. The summed E-state index contributed by atoms with van der Waals surface area (Å²) in [6.07, 6.45) is 4.55. The van der Waals surface area contributed by atoms with E-state index < -0.39 is 0 Å². The van der Waals surface area contributed by atoms with Crippen LogP contribution in [0.2, 0.25) is 0 Å². The Hall–Kier alpha value is -0.890. The summed E-state index contributed by atoms with van der Waals surface area (Å²) in [6, 6.07) is 5.69. The molecular formula is C14H22FN. The van der Waals surface area contributed by atoms with Crippen molar-refractivity contribution in [1.82, 2.24) is 5.32 Å². The van der Waals surface area contributed by atoms with Crippen LogP contribution in [0.15, 0.2) is 18.2 Å². The van der Waals surface area contributed by atoms with Crippen molar-refractivity contribution in [2.45, 2.75) is 45.6 Å². The van der Waals surface area contributed by atoms with Gasteiger partial charge < -0.3 is 5.32 Å². The molecule has 1 atom stereocenters. The number of benzene rings is 1. The van der Waals surface area contributed by atoms with Crippen LogP contribution in [0.4, 0.5) is 4.39 Å². The fourth-order valence-electron chi connectivity index (χ4n) is 2.03. The van der Waals surface area contributed by atoms with Gasteiger partial charge >= 0.3 is 0 Å². The molecule has 0 aromatic heterocycles. The van der Waals surface area contributed by atoms with Crippen molar-refractivity contribution in [2.24, 2.45) is 0 Å². The first-order valence-corrected chi connectivity index (χ1v) is 6.09. The van der Waals surface area contributed by atoms with Crippen molar-refractivity contribution >= 4 is 0 Å². The van der Waals surface area contributed by atoms with Crippen molar-refractivity contribution < 1.29 is 4.39 Å². The number of hydrogen-bond donors (Lipinski definition) is 1. The minimum absolute atomic E-state index is 0.136. The van der Waals surface area contributed by atoms with Gasteiger partial charge in [-0.2, -0.15) is 0 Å². The summed E-state index contributed by atoms with van der Waals surface area (Å²) in [5.41, 5.74) is 2.34. The van der Waals surface area contributed by atoms with E-state index in [1.165, 1.54) is 18.4 Å². The topological polar surface area (TPSA) is 12.0 Å². The molecule has 0 spiro atoms. The van der Waals surface area contributed by atoms with Crippen LogP contribution < -0.4 is 5.32 Å². The molecule has 0 amide bonds. The van der Waals surface area contributed by atoms with Crippen LogP contribution in [-0.2, 0) is 6.42 Å². The molecule has 1 aromatic rings. The van der Waals surface area contributed by atoms with Gasteiger partial charge in [0.2, 0.25) is 0 Å². The first-order chi connectivity index (χ1) is 7.67. The maximum absolute atomic E-state index is 12.9. The molecule has 1 N–H and O–H groups in total. The first-order valence-electron chi connectivity index (χ1n) is 6.09. The van der Waals surface area contributed by atoms with Crippen LogP contribution in [-0.4, -0.2) is 13.1 Å². The Balaban J connectivity index is 2.42. The van der Waals surface area contributed by atoms with Crippen LogP contribution in [0, 0.1) is 12.7 Å². The van der Waals surface area contributed by atoms with E-state index in [0.29, 0.717) is 6.04 Å². The third kappa shape index (κ3) is 3.93. The highest BCUT2D eigenvalue weighted by molar-refractivity contribution is 5.26. The maximum atomic E-state index is 12.9. The number of halogens is 1. The largest absolute Gasteiger partial charge is 0.317 e. The van der Waals surface area contributed by atoms with Gasteiger partial charge in [-0.25, -0.2) is 4.39 Å². The number of aryl methyl sites for hydroxylation is 2. The molecule has 0 aliphatic carbocycles. The Kier molecular flexibility index (Phi) is 5.47. The van der Waals surface area contributed by atoms with Crippen molar-refractivity contribution in [3.63, 3.8) is 0 Å². The quantitative estimate of drug-likeness (QED) is 0.779. The normalized spacial score (nSPS) is 12.8. The molecular weight excluding hydrogens is 201 g/mol. The predicted molar refractivity (Wildman–Crippen MR) is 67.2 cm³/mol. The van der Waals surface area contributed by atoms with E-state index in [4.69, 9.17) is 0 Å². The molecule has 0 bridgehead atoms. The second-order valence-corrected chi connectivity index (χ2v) is 4.36. The maximum Gasteiger partial charge on any atom is 0.123 e. The smallest absolute Gasteiger partial charge is 0.123 e. The van der Waals surface area contributed by atoms with Gasteiger partial charge in [0.25, 0.3) is 0 Å². The summed E-state index contributed by atoms with van der Waals surface area (Å²) in [5, 5.41) is 3.30. The van der Waals surface area contributed by atoms with Crippen LogP contribution in [0.5, 0.6) is 0 Å². The van der Waals surface area contributed by atoms with Gasteiger partial charge in [0.15, 0.2) is 0 Å². The lowest BCUT2D eigenvalue weighted by atomic mass is 10.00. The van der Waals surface area contributed by atoms with E-state index in [9.17, 15) is 4.39 Å². The molecule has 0 saturated carbocycles. The van der Waals surface area contributed by atoms with Gasteiger partial charge in [0.05, 0.1) is 0 Å². The SMILES string of the molecule is CCC(CCCc1ccc(F)cc1C)NC. The number of nitrogens with one attached hydrogen (secondary N) is 1. The second kappa shape index (κ2) is 6.64. The molecule has 1 rings (SSSR count). The third-order valence-electron chi connectivity index (χ3n) is 3.20. The van der Waals surface area contributed by atoms with E-state index in [-0.39, 0.29) is 5.82 Å². The van der Waals surface area contributed by atoms with Gasteiger partial charge in [-0.15, -0.1) is 0 Å². The van der Waals surface area contributed by atoms with E-state index in [1.807, 2.05) is 20.0 Å².